The van der Waals surface area contributed by atoms with Gasteiger partial charge in [0.1, 0.15) is 17.1 Å². The van der Waals surface area contributed by atoms with Gasteiger partial charge in [-0.05, 0) is 29.8 Å². The molecule has 4 aromatic rings. The molecule has 0 unspecified atom stereocenters. The standard InChI is InChI=1S/C30H22N2O2S2/c33-27(20-11-3-1-4-12-20)24-19-31-22-15-7-10-18-26(22)36-30(34,21-13-5-2-6-14-21)28(31)29-32(24)23-16-8-9-17-25(23)35-29/h1-19,28-29,34H/t28-,29+,30-/m1/s1. The van der Waals surface area contributed by atoms with E-state index in [0.717, 1.165) is 26.7 Å². The summed E-state index contributed by atoms with van der Waals surface area (Å²) >= 11 is 3.20. The van der Waals surface area contributed by atoms with E-state index in [1.807, 2.05) is 97.2 Å². The van der Waals surface area contributed by atoms with Crippen molar-refractivity contribution in [3.63, 3.8) is 0 Å². The number of allylic oxidation sites excluding steroid dienone is 1. The summed E-state index contributed by atoms with van der Waals surface area (Å²) in [6.45, 7) is 0. The second kappa shape index (κ2) is 8.30. The Bertz CT molecular complexity index is 1510. The van der Waals surface area contributed by atoms with Crippen LogP contribution in [-0.2, 0) is 4.93 Å². The highest BCUT2D eigenvalue weighted by molar-refractivity contribution is 8.01. The Balaban J connectivity index is 1.48. The molecule has 3 heterocycles. The molecule has 3 aliphatic rings. The lowest BCUT2D eigenvalue weighted by Crippen LogP contribution is -2.62. The molecule has 176 valence electrons. The summed E-state index contributed by atoms with van der Waals surface area (Å²) in [7, 11) is 0. The Labute approximate surface area is 218 Å². The summed E-state index contributed by atoms with van der Waals surface area (Å²) in [5, 5.41) is 12.3. The number of para-hydroxylation sites is 2. The monoisotopic (exact) mass is 506 g/mol. The Morgan fingerprint density at radius 3 is 2.11 bits per heavy atom. The van der Waals surface area contributed by atoms with E-state index < -0.39 is 4.93 Å². The molecule has 0 fully saturated rings. The molecule has 4 nitrogen and oxygen atoms in total. The highest BCUT2D eigenvalue weighted by Crippen LogP contribution is 2.60. The van der Waals surface area contributed by atoms with Crippen LogP contribution >= 0.6 is 23.5 Å². The number of fused-ring (bicyclic) bond motifs is 7. The Kier molecular flexibility index (Phi) is 5.03. The normalized spacial score (nSPS) is 23.8. The summed E-state index contributed by atoms with van der Waals surface area (Å²) in [4.78, 5) is 19.1. The number of benzene rings is 4. The average Bonchev–Trinajstić information content (AvgIpc) is 3.32. The van der Waals surface area contributed by atoms with Gasteiger partial charge in [0, 0.05) is 21.6 Å². The van der Waals surface area contributed by atoms with E-state index in [9.17, 15) is 9.90 Å². The van der Waals surface area contributed by atoms with Gasteiger partial charge in [0.05, 0.1) is 11.4 Å². The third-order valence-corrected chi connectivity index (χ3v) is 9.65. The van der Waals surface area contributed by atoms with Crippen molar-refractivity contribution >= 4 is 40.7 Å². The van der Waals surface area contributed by atoms with Gasteiger partial charge in [-0.15, -0.1) is 0 Å². The van der Waals surface area contributed by atoms with Crippen molar-refractivity contribution in [1.82, 2.24) is 0 Å². The second-order valence-corrected chi connectivity index (χ2v) is 11.5. The van der Waals surface area contributed by atoms with Gasteiger partial charge in [-0.25, -0.2) is 0 Å². The maximum absolute atomic E-state index is 14.0. The highest BCUT2D eigenvalue weighted by Gasteiger charge is 2.57. The van der Waals surface area contributed by atoms with Gasteiger partial charge >= 0.3 is 0 Å². The smallest absolute Gasteiger partial charge is 0.210 e. The number of hydrogen-bond acceptors (Lipinski definition) is 6. The van der Waals surface area contributed by atoms with Crippen LogP contribution in [0.1, 0.15) is 15.9 Å². The van der Waals surface area contributed by atoms with E-state index in [4.69, 9.17) is 0 Å². The Morgan fingerprint density at radius 1 is 0.750 bits per heavy atom. The van der Waals surface area contributed by atoms with Crippen LogP contribution in [-0.4, -0.2) is 22.3 Å². The lowest BCUT2D eigenvalue weighted by atomic mass is 9.94. The predicted octanol–water partition coefficient (Wildman–Crippen LogP) is 6.49. The topological polar surface area (TPSA) is 43.8 Å². The minimum atomic E-state index is -1.23. The van der Waals surface area contributed by atoms with Gasteiger partial charge in [0.2, 0.25) is 5.78 Å². The molecule has 3 aliphatic heterocycles. The van der Waals surface area contributed by atoms with Crippen molar-refractivity contribution in [2.24, 2.45) is 0 Å². The molecule has 0 aromatic heterocycles. The van der Waals surface area contributed by atoms with Gasteiger partial charge in [0.25, 0.3) is 0 Å². The van der Waals surface area contributed by atoms with E-state index in [-0.39, 0.29) is 17.2 Å². The van der Waals surface area contributed by atoms with E-state index in [1.165, 1.54) is 11.8 Å². The lowest BCUT2D eigenvalue weighted by Gasteiger charge is -2.53. The molecule has 0 saturated heterocycles. The van der Waals surface area contributed by atoms with Crippen molar-refractivity contribution in [2.45, 2.75) is 26.1 Å². The maximum Gasteiger partial charge on any atom is 0.210 e. The van der Waals surface area contributed by atoms with Crippen LogP contribution in [0.15, 0.2) is 131 Å². The first kappa shape index (κ1) is 21.8. The van der Waals surface area contributed by atoms with Crippen LogP contribution in [0.25, 0.3) is 0 Å². The van der Waals surface area contributed by atoms with Crippen LogP contribution < -0.4 is 9.80 Å². The SMILES string of the molecule is O=C(C1=CN2c3ccccc3S[C@](O)(c3ccccc3)[C@H]2[C@@H]2Sc3ccccc3N12)c1ccccc1. The molecule has 1 N–H and O–H groups in total. The molecule has 0 aliphatic carbocycles. The molecule has 3 atom stereocenters. The third kappa shape index (κ3) is 3.18. The number of hydrogen-bond donors (Lipinski definition) is 1. The zero-order chi connectivity index (χ0) is 24.3. The largest absolute Gasteiger partial charge is 0.373 e. The number of ketones is 1. The lowest BCUT2D eigenvalue weighted by molar-refractivity contribution is 0.0959. The van der Waals surface area contributed by atoms with Gasteiger partial charge in [-0.3, -0.25) is 4.79 Å². The molecular weight excluding hydrogens is 484 g/mol. The quantitative estimate of drug-likeness (QED) is 0.321. The van der Waals surface area contributed by atoms with Crippen LogP contribution in [0.5, 0.6) is 0 Å². The van der Waals surface area contributed by atoms with E-state index in [0.29, 0.717) is 11.3 Å². The van der Waals surface area contributed by atoms with Crippen LogP contribution in [0.3, 0.4) is 0 Å². The summed E-state index contributed by atoms with van der Waals surface area (Å²) < 4.78 is 0. The summed E-state index contributed by atoms with van der Waals surface area (Å²) in [5.41, 5.74) is 4.11. The average molecular weight is 507 g/mol. The van der Waals surface area contributed by atoms with E-state index in [1.54, 1.807) is 11.8 Å². The first-order valence-corrected chi connectivity index (χ1v) is 13.6. The van der Waals surface area contributed by atoms with Crippen molar-refractivity contribution in [3.8, 4) is 0 Å². The number of anilines is 2. The van der Waals surface area contributed by atoms with Crippen molar-refractivity contribution in [2.75, 3.05) is 9.80 Å². The Hall–Kier alpha value is -3.45. The van der Waals surface area contributed by atoms with Crippen molar-refractivity contribution in [1.29, 1.82) is 0 Å². The third-order valence-electron chi connectivity index (χ3n) is 6.98. The maximum atomic E-state index is 14.0. The van der Waals surface area contributed by atoms with Crippen LogP contribution in [0, 0.1) is 0 Å². The second-order valence-electron chi connectivity index (χ2n) is 9.04. The molecule has 0 bridgehead atoms. The molecule has 0 amide bonds. The molecule has 36 heavy (non-hydrogen) atoms. The fraction of sp³-hybridized carbons (Fsp3) is 0.100. The van der Waals surface area contributed by atoms with Gasteiger partial charge in [0.15, 0.2) is 4.93 Å². The highest BCUT2D eigenvalue weighted by atomic mass is 32.2. The molecule has 7 rings (SSSR count). The minimum Gasteiger partial charge on any atom is -0.373 e. The number of carbonyl (C=O) groups excluding carboxylic acids is 1. The number of rotatable bonds is 3. The molecule has 0 radical (unpaired) electrons. The molecule has 6 heteroatoms. The van der Waals surface area contributed by atoms with E-state index in [2.05, 4.69) is 28.0 Å². The zero-order valence-electron chi connectivity index (χ0n) is 19.2. The number of thioether (sulfide) groups is 2. The van der Waals surface area contributed by atoms with Crippen LogP contribution in [0.4, 0.5) is 11.4 Å². The number of aliphatic hydroxyl groups is 1. The predicted molar refractivity (Wildman–Crippen MR) is 146 cm³/mol. The summed E-state index contributed by atoms with van der Waals surface area (Å²) in [5.74, 6) is -0.0321. The number of carbonyl (C=O) groups is 1. The fourth-order valence-corrected chi connectivity index (χ4v) is 8.32. The van der Waals surface area contributed by atoms with E-state index >= 15 is 0 Å². The number of nitrogens with zero attached hydrogens (tertiary/aromatic N) is 2. The number of Topliss-reactive ketones (excluding diaryl/α,β-unsaturated/α-hetero) is 1. The molecule has 0 saturated carbocycles. The molecular formula is C30H22N2O2S2. The van der Waals surface area contributed by atoms with Gasteiger partial charge < -0.3 is 14.9 Å². The molecule has 0 spiro atoms. The summed E-state index contributed by atoms with van der Waals surface area (Å²) in [6.07, 6.45) is 1.95. The minimum absolute atomic E-state index is 0.0321. The van der Waals surface area contributed by atoms with Crippen molar-refractivity contribution < 1.29 is 9.90 Å². The summed E-state index contributed by atoms with van der Waals surface area (Å²) in [6, 6.07) is 35.3. The molecule has 4 aromatic carbocycles. The Morgan fingerprint density at radius 2 is 1.36 bits per heavy atom. The van der Waals surface area contributed by atoms with Crippen molar-refractivity contribution in [3.05, 3.63) is 132 Å². The van der Waals surface area contributed by atoms with Crippen LogP contribution in [0.2, 0.25) is 0 Å². The first-order chi connectivity index (χ1) is 17.6. The fourth-order valence-electron chi connectivity index (χ4n) is 5.36. The van der Waals surface area contributed by atoms with Gasteiger partial charge in [-0.2, -0.15) is 0 Å². The zero-order valence-corrected chi connectivity index (χ0v) is 20.8. The van der Waals surface area contributed by atoms with Gasteiger partial charge in [-0.1, -0.05) is 108 Å². The first-order valence-electron chi connectivity index (χ1n) is 11.9.